The van der Waals surface area contributed by atoms with E-state index in [1.54, 1.807) is 6.26 Å². The van der Waals surface area contributed by atoms with Crippen LogP contribution in [0.3, 0.4) is 0 Å². The Morgan fingerprint density at radius 3 is 2.79 bits per heavy atom. The van der Waals surface area contributed by atoms with Crippen molar-refractivity contribution in [1.82, 2.24) is 4.90 Å². The summed E-state index contributed by atoms with van der Waals surface area (Å²) in [6.07, 6.45) is 2.48. The van der Waals surface area contributed by atoms with Crippen molar-refractivity contribution in [1.29, 1.82) is 0 Å². The van der Waals surface area contributed by atoms with Crippen molar-refractivity contribution in [2.75, 3.05) is 13.1 Å². The molecule has 0 aliphatic carbocycles. The Bertz CT molecular complexity index is 294. The van der Waals surface area contributed by atoms with Gasteiger partial charge in [0.25, 0.3) is 0 Å². The number of hydrogen-bond acceptors (Lipinski definition) is 2. The van der Waals surface area contributed by atoms with Gasteiger partial charge in [-0.2, -0.15) is 0 Å². The maximum atomic E-state index is 12.8. The van der Waals surface area contributed by atoms with Gasteiger partial charge in [-0.25, -0.2) is 4.39 Å². The van der Waals surface area contributed by atoms with Crippen LogP contribution in [-0.2, 0) is 6.54 Å². The van der Waals surface area contributed by atoms with Crippen LogP contribution in [0.1, 0.15) is 18.4 Å². The molecule has 0 unspecified atom stereocenters. The van der Waals surface area contributed by atoms with Gasteiger partial charge in [-0.1, -0.05) is 0 Å². The molecule has 1 fully saturated rings. The molecule has 2 rings (SSSR count). The molecule has 0 atom stereocenters. The molecule has 0 aromatic carbocycles. The Kier molecular flexibility index (Phi) is 3.23. The van der Waals surface area contributed by atoms with Crippen molar-refractivity contribution in [2.45, 2.75) is 25.6 Å². The number of hydrogen-bond donors (Lipinski definition) is 0. The molecule has 0 bridgehead atoms. The molecule has 0 spiro atoms. The van der Waals surface area contributed by atoms with Crippen LogP contribution < -0.4 is 0 Å². The number of rotatable bonds is 2. The zero-order valence-electron chi connectivity index (χ0n) is 7.88. The Morgan fingerprint density at radius 1 is 1.50 bits per heavy atom. The van der Waals surface area contributed by atoms with E-state index in [4.69, 9.17) is 4.42 Å². The largest absolute Gasteiger partial charge is 0.457 e. The molecule has 1 aliphatic rings. The number of furan rings is 1. The van der Waals surface area contributed by atoms with E-state index in [1.807, 2.05) is 6.07 Å². The van der Waals surface area contributed by atoms with Crippen LogP contribution in [0, 0.1) is 0 Å². The van der Waals surface area contributed by atoms with Crippen molar-refractivity contribution in [2.24, 2.45) is 0 Å². The number of halogens is 2. The van der Waals surface area contributed by atoms with E-state index in [2.05, 4.69) is 20.8 Å². The second-order valence-electron chi connectivity index (χ2n) is 3.71. The highest BCUT2D eigenvalue weighted by Crippen LogP contribution is 2.19. The van der Waals surface area contributed by atoms with Crippen LogP contribution in [0.25, 0.3) is 0 Å². The molecule has 0 saturated carbocycles. The molecule has 4 heteroatoms. The first-order valence-corrected chi connectivity index (χ1v) is 5.62. The third kappa shape index (κ3) is 2.58. The lowest BCUT2D eigenvalue weighted by molar-refractivity contribution is 0.145. The molecule has 0 amide bonds. The lowest BCUT2D eigenvalue weighted by atomic mass is 10.1. The van der Waals surface area contributed by atoms with Crippen molar-refractivity contribution in [3.05, 3.63) is 22.6 Å². The highest BCUT2D eigenvalue weighted by molar-refractivity contribution is 9.10. The van der Waals surface area contributed by atoms with E-state index in [9.17, 15) is 4.39 Å². The fourth-order valence-electron chi connectivity index (χ4n) is 1.75. The van der Waals surface area contributed by atoms with Crippen molar-refractivity contribution in [3.63, 3.8) is 0 Å². The van der Waals surface area contributed by atoms with Crippen LogP contribution in [0.15, 0.2) is 21.4 Å². The SMILES string of the molecule is FC1CCN(Cc2coc(Br)c2)CC1. The van der Waals surface area contributed by atoms with Gasteiger partial charge in [-0.15, -0.1) is 0 Å². The molecule has 0 radical (unpaired) electrons. The predicted molar refractivity (Wildman–Crippen MR) is 55.8 cm³/mol. The molecule has 2 heterocycles. The van der Waals surface area contributed by atoms with Gasteiger partial charge in [0.05, 0.1) is 6.26 Å². The highest BCUT2D eigenvalue weighted by Gasteiger charge is 2.18. The van der Waals surface area contributed by atoms with E-state index in [0.29, 0.717) is 12.8 Å². The molecule has 78 valence electrons. The standard InChI is InChI=1S/C10H13BrFNO/c11-10-5-8(7-14-10)6-13-3-1-9(12)2-4-13/h5,7,9H,1-4,6H2. The summed E-state index contributed by atoms with van der Waals surface area (Å²) in [5.74, 6) is 0. The van der Waals surface area contributed by atoms with Crippen LogP contribution >= 0.6 is 15.9 Å². The highest BCUT2D eigenvalue weighted by atomic mass is 79.9. The minimum atomic E-state index is -0.595. The van der Waals surface area contributed by atoms with Crippen LogP contribution in [0.5, 0.6) is 0 Å². The molecule has 1 aliphatic heterocycles. The Morgan fingerprint density at radius 2 is 2.21 bits per heavy atom. The molecule has 1 aromatic rings. The number of likely N-dealkylation sites (tertiary alicyclic amines) is 1. The number of nitrogens with zero attached hydrogens (tertiary/aromatic N) is 1. The molecular formula is C10H13BrFNO. The summed E-state index contributed by atoms with van der Waals surface area (Å²) in [4.78, 5) is 2.26. The van der Waals surface area contributed by atoms with E-state index < -0.39 is 6.17 Å². The third-order valence-electron chi connectivity index (χ3n) is 2.55. The minimum absolute atomic E-state index is 0.595. The van der Waals surface area contributed by atoms with Crippen molar-refractivity contribution < 1.29 is 8.81 Å². The van der Waals surface area contributed by atoms with Crippen molar-refractivity contribution >= 4 is 15.9 Å². The van der Waals surface area contributed by atoms with Crippen LogP contribution in [0.4, 0.5) is 4.39 Å². The molecule has 0 N–H and O–H groups in total. The molecule has 2 nitrogen and oxygen atoms in total. The topological polar surface area (TPSA) is 16.4 Å². The Labute approximate surface area is 91.2 Å². The smallest absolute Gasteiger partial charge is 0.169 e. The zero-order chi connectivity index (χ0) is 9.97. The maximum Gasteiger partial charge on any atom is 0.169 e. The summed E-state index contributed by atoms with van der Waals surface area (Å²) in [6, 6.07) is 1.96. The van der Waals surface area contributed by atoms with Crippen molar-refractivity contribution in [3.8, 4) is 0 Å². The monoisotopic (exact) mass is 261 g/mol. The van der Waals surface area contributed by atoms with Gasteiger partial charge in [0, 0.05) is 25.2 Å². The summed E-state index contributed by atoms with van der Waals surface area (Å²) in [7, 11) is 0. The van der Waals surface area contributed by atoms with E-state index in [-0.39, 0.29) is 0 Å². The minimum Gasteiger partial charge on any atom is -0.457 e. The Hall–Kier alpha value is -0.350. The van der Waals surface area contributed by atoms with E-state index in [0.717, 1.165) is 29.9 Å². The van der Waals surface area contributed by atoms with Gasteiger partial charge in [-0.3, -0.25) is 4.90 Å². The summed E-state index contributed by atoms with van der Waals surface area (Å²) >= 11 is 3.26. The molecular weight excluding hydrogens is 249 g/mol. The predicted octanol–water partition coefficient (Wildman–Crippen LogP) is 2.98. The van der Waals surface area contributed by atoms with Gasteiger partial charge in [0.2, 0.25) is 0 Å². The van der Waals surface area contributed by atoms with Gasteiger partial charge in [0.1, 0.15) is 6.17 Å². The fraction of sp³-hybridized carbons (Fsp3) is 0.600. The quantitative estimate of drug-likeness (QED) is 0.814. The van der Waals surface area contributed by atoms with E-state index >= 15 is 0 Å². The molecule has 14 heavy (non-hydrogen) atoms. The Balaban J connectivity index is 1.86. The second kappa shape index (κ2) is 4.45. The first-order chi connectivity index (χ1) is 6.74. The van der Waals surface area contributed by atoms with Gasteiger partial charge in [0.15, 0.2) is 4.67 Å². The first-order valence-electron chi connectivity index (χ1n) is 4.83. The van der Waals surface area contributed by atoms with Gasteiger partial charge < -0.3 is 4.42 Å². The molecule has 1 saturated heterocycles. The van der Waals surface area contributed by atoms with Gasteiger partial charge in [-0.05, 0) is 34.8 Å². The van der Waals surface area contributed by atoms with Crippen LogP contribution in [-0.4, -0.2) is 24.2 Å². The summed E-state index contributed by atoms with van der Waals surface area (Å²) in [5, 5.41) is 0. The van der Waals surface area contributed by atoms with E-state index in [1.165, 1.54) is 0 Å². The summed E-state index contributed by atoms with van der Waals surface area (Å²) in [6.45, 7) is 2.57. The number of piperidine rings is 1. The average Bonchev–Trinajstić information content (AvgIpc) is 2.56. The lowest BCUT2D eigenvalue weighted by Crippen LogP contribution is -2.33. The third-order valence-corrected chi connectivity index (χ3v) is 2.96. The molecule has 1 aromatic heterocycles. The normalized spacial score (nSPS) is 20.1. The maximum absolute atomic E-state index is 12.8. The fourth-order valence-corrected chi connectivity index (χ4v) is 2.13. The summed E-state index contributed by atoms with van der Waals surface area (Å²) < 4.78 is 18.7. The van der Waals surface area contributed by atoms with Crippen LogP contribution in [0.2, 0.25) is 0 Å². The number of alkyl halides is 1. The lowest BCUT2D eigenvalue weighted by Gasteiger charge is -2.27. The summed E-state index contributed by atoms with van der Waals surface area (Å²) in [5.41, 5.74) is 1.15. The zero-order valence-corrected chi connectivity index (χ0v) is 9.46. The average molecular weight is 262 g/mol. The first kappa shape index (κ1) is 10.2. The van der Waals surface area contributed by atoms with Gasteiger partial charge >= 0.3 is 0 Å². The second-order valence-corrected chi connectivity index (χ2v) is 4.49.